The fourth-order valence-corrected chi connectivity index (χ4v) is 3.38. The zero-order chi connectivity index (χ0) is 20.8. The van der Waals surface area contributed by atoms with Crippen molar-refractivity contribution in [2.75, 3.05) is 18.6 Å². The Balaban J connectivity index is 1.69. The fourth-order valence-electron chi connectivity index (χ4n) is 3.38. The van der Waals surface area contributed by atoms with Crippen LogP contribution in [0.5, 0.6) is 5.75 Å². The summed E-state index contributed by atoms with van der Waals surface area (Å²) >= 11 is 0. The van der Waals surface area contributed by atoms with E-state index in [9.17, 15) is 22.0 Å². The summed E-state index contributed by atoms with van der Waals surface area (Å²) in [6.07, 6.45) is -3.27. The van der Waals surface area contributed by atoms with Crippen LogP contribution in [-0.4, -0.2) is 28.6 Å². The van der Waals surface area contributed by atoms with Crippen molar-refractivity contribution in [1.29, 1.82) is 0 Å². The van der Waals surface area contributed by atoms with Gasteiger partial charge in [0, 0.05) is 25.2 Å². The molecule has 1 aliphatic heterocycles. The number of fused-ring (bicyclic) bond motifs is 1. The average molecular weight is 410 g/mol. The molecule has 0 atom stereocenters. The van der Waals surface area contributed by atoms with Gasteiger partial charge in [-0.05, 0) is 23.8 Å². The van der Waals surface area contributed by atoms with Gasteiger partial charge in [0.15, 0.2) is 11.6 Å². The van der Waals surface area contributed by atoms with E-state index in [4.69, 9.17) is 4.74 Å². The number of hydrogen-bond acceptors (Lipinski definition) is 4. The van der Waals surface area contributed by atoms with Gasteiger partial charge in [0.05, 0.1) is 24.6 Å². The minimum absolute atomic E-state index is 0.0142. The van der Waals surface area contributed by atoms with E-state index in [1.54, 1.807) is 11.0 Å². The van der Waals surface area contributed by atoms with Gasteiger partial charge in [-0.25, -0.2) is 18.7 Å². The summed E-state index contributed by atoms with van der Waals surface area (Å²) in [6, 6.07) is 5.20. The molecule has 5 nitrogen and oxygen atoms in total. The summed E-state index contributed by atoms with van der Waals surface area (Å²) in [4.78, 5) is 11.6. The van der Waals surface area contributed by atoms with Crippen LogP contribution in [0.1, 0.15) is 17.1 Å². The van der Waals surface area contributed by atoms with E-state index in [-0.39, 0.29) is 29.4 Å². The molecular weight excluding hydrogens is 395 g/mol. The lowest BCUT2D eigenvalue weighted by Gasteiger charge is -2.29. The van der Waals surface area contributed by atoms with Crippen molar-refractivity contribution >= 4 is 5.82 Å². The molecule has 0 aliphatic carbocycles. The van der Waals surface area contributed by atoms with Crippen LogP contribution in [-0.2, 0) is 19.1 Å². The van der Waals surface area contributed by atoms with Crippen LogP contribution in [0.4, 0.5) is 27.8 Å². The predicted molar refractivity (Wildman–Crippen MR) is 94.5 cm³/mol. The third-order valence-corrected chi connectivity index (χ3v) is 4.73. The SMILES string of the molecule is COc1cnc(C(F)(F)F)nc1N1CCc2[nH]c(-c3c(F)cccc3F)cc2C1. The topological polar surface area (TPSA) is 54.0 Å². The van der Waals surface area contributed by atoms with Crippen molar-refractivity contribution in [2.45, 2.75) is 19.1 Å². The minimum atomic E-state index is -4.69. The Bertz CT molecular complexity index is 1040. The van der Waals surface area contributed by atoms with E-state index in [2.05, 4.69) is 15.0 Å². The van der Waals surface area contributed by atoms with Crippen molar-refractivity contribution in [1.82, 2.24) is 15.0 Å². The van der Waals surface area contributed by atoms with Crippen molar-refractivity contribution in [3.05, 3.63) is 59.2 Å². The van der Waals surface area contributed by atoms with Gasteiger partial charge in [-0.15, -0.1) is 0 Å². The second-order valence-electron chi connectivity index (χ2n) is 6.54. The number of rotatable bonds is 3. The van der Waals surface area contributed by atoms with E-state index >= 15 is 0 Å². The van der Waals surface area contributed by atoms with Gasteiger partial charge in [-0.1, -0.05) is 6.07 Å². The van der Waals surface area contributed by atoms with Gasteiger partial charge in [-0.3, -0.25) is 0 Å². The number of methoxy groups -OCH3 is 1. The lowest BCUT2D eigenvalue weighted by Crippen LogP contribution is -2.31. The second-order valence-corrected chi connectivity index (χ2v) is 6.54. The van der Waals surface area contributed by atoms with Crippen molar-refractivity contribution in [3.8, 4) is 17.0 Å². The van der Waals surface area contributed by atoms with E-state index in [1.165, 1.54) is 13.2 Å². The number of nitrogens with one attached hydrogen (secondary N) is 1. The third-order valence-electron chi connectivity index (χ3n) is 4.73. The molecule has 1 aromatic carbocycles. The van der Waals surface area contributed by atoms with Gasteiger partial charge in [0.2, 0.25) is 5.82 Å². The molecule has 0 unspecified atom stereocenters. The zero-order valence-corrected chi connectivity index (χ0v) is 15.1. The zero-order valence-electron chi connectivity index (χ0n) is 15.1. The molecular formula is C19H15F5N4O. The van der Waals surface area contributed by atoms with Crippen molar-refractivity contribution < 1.29 is 26.7 Å². The van der Waals surface area contributed by atoms with E-state index in [0.29, 0.717) is 18.5 Å². The lowest BCUT2D eigenvalue weighted by molar-refractivity contribution is -0.144. The number of ether oxygens (including phenoxy) is 1. The number of anilines is 1. The standard InChI is InChI=1S/C19H15F5N4O/c1-29-15-8-25-18(19(22,23)24)27-17(15)28-6-5-13-10(9-28)7-14(26-13)16-11(20)3-2-4-12(16)21/h2-4,7-8,26H,5-6,9H2,1H3. The molecule has 0 amide bonds. The molecule has 1 N–H and O–H groups in total. The molecule has 29 heavy (non-hydrogen) atoms. The smallest absolute Gasteiger partial charge is 0.451 e. The Morgan fingerprint density at radius 3 is 2.55 bits per heavy atom. The predicted octanol–water partition coefficient (Wildman–Crippen LogP) is 4.34. The Hall–Kier alpha value is -3.17. The Morgan fingerprint density at radius 2 is 1.90 bits per heavy atom. The first-order valence-corrected chi connectivity index (χ1v) is 8.66. The van der Waals surface area contributed by atoms with Gasteiger partial charge >= 0.3 is 6.18 Å². The van der Waals surface area contributed by atoms with Crippen LogP contribution in [0, 0.1) is 11.6 Å². The second kappa shape index (κ2) is 7.02. The van der Waals surface area contributed by atoms with Crippen LogP contribution < -0.4 is 9.64 Å². The number of hydrogen-bond donors (Lipinski definition) is 1. The summed E-state index contributed by atoms with van der Waals surface area (Å²) in [5, 5.41) is 0. The number of halogens is 5. The van der Waals surface area contributed by atoms with Crippen molar-refractivity contribution in [3.63, 3.8) is 0 Å². The number of benzene rings is 1. The van der Waals surface area contributed by atoms with Gasteiger partial charge in [0.25, 0.3) is 0 Å². The van der Waals surface area contributed by atoms with Crippen molar-refractivity contribution in [2.24, 2.45) is 0 Å². The largest absolute Gasteiger partial charge is 0.491 e. The van der Waals surface area contributed by atoms with E-state index < -0.39 is 23.6 Å². The van der Waals surface area contributed by atoms with Crippen LogP contribution in [0.25, 0.3) is 11.3 Å². The molecule has 3 heterocycles. The first-order valence-electron chi connectivity index (χ1n) is 8.66. The van der Waals surface area contributed by atoms with Gasteiger partial charge < -0.3 is 14.6 Å². The van der Waals surface area contributed by atoms with Crippen LogP contribution >= 0.6 is 0 Å². The quantitative estimate of drug-likeness (QED) is 0.653. The lowest BCUT2D eigenvalue weighted by atomic mass is 10.1. The molecule has 10 heteroatoms. The van der Waals surface area contributed by atoms with E-state index in [1.807, 2.05) is 0 Å². The minimum Gasteiger partial charge on any atom is -0.491 e. The van der Waals surface area contributed by atoms with E-state index in [0.717, 1.165) is 24.0 Å². The number of H-pyrrole nitrogens is 1. The first kappa shape index (κ1) is 19.2. The summed E-state index contributed by atoms with van der Waals surface area (Å²) in [5.41, 5.74) is 1.58. The molecule has 0 spiro atoms. The third kappa shape index (κ3) is 3.50. The van der Waals surface area contributed by atoms with Gasteiger partial charge in [-0.2, -0.15) is 13.2 Å². The van der Waals surface area contributed by atoms with Crippen LogP contribution in [0.3, 0.4) is 0 Å². The molecule has 4 rings (SSSR count). The maximum Gasteiger partial charge on any atom is 0.451 e. The molecule has 152 valence electrons. The maximum atomic E-state index is 14.1. The highest BCUT2D eigenvalue weighted by molar-refractivity contribution is 5.64. The van der Waals surface area contributed by atoms with Crippen LogP contribution in [0.15, 0.2) is 30.5 Å². The fraction of sp³-hybridized carbons (Fsp3) is 0.263. The molecule has 1 aliphatic rings. The maximum absolute atomic E-state index is 14.1. The highest BCUT2D eigenvalue weighted by atomic mass is 19.4. The Labute approximate surface area is 162 Å². The molecule has 0 bridgehead atoms. The van der Waals surface area contributed by atoms with Gasteiger partial charge in [0.1, 0.15) is 11.6 Å². The molecule has 3 aromatic rings. The Kier molecular flexibility index (Phi) is 4.64. The van der Waals surface area contributed by atoms with Crippen LogP contribution in [0.2, 0.25) is 0 Å². The molecule has 2 aromatic heterocycles. The highest BCUT2D eigenvalue weighted by Gasteiger charge is 2.36. The highest BCUT2D eigenvalue weighted by Crippen LogP contribution is 2.35. The summed E-state index contributed by atoms with van der Waals surface area (Å²) < 4.78 is 72.3. The molecule has 0 saturated heterocycles. The normalized spacial score (nSPS) is 14.1. The number of aromatic amines is 1. The summed E-state index contributed by atoms with van der Waals surface area (Å²) in [5.74, 6) is -2.54. The number of aromatic nitrogens is 3. The molecule has 0 radical (unpaired) electrons. The molecule has 0 saturated carbocycles. The first-order chi connectivity index (χ1) is 13.8. The summed E-state index contributed by atoms with van der Waals surface area (Å²) in [6.45, 7) is 0.546. The average Bonchev–Trinajstić information content (AvgIpc) is 3.09. The number of alkyl halides is 3. The number of nitrogens with zero attached hydrogens (tertiary/aromatic N) is 3. The summed E-state index contributed by atoms with van der Waals surface area (Å²) in [7, 11) is 1.32. The molecule has 0 fully saturated rings. The monoisotopic (exact) mass is 410 g/mol. The Morgan fingerprint density at radius 1 is 1.17 bits per heavy atom.